The first-order valence-corrected chi connectivity index (χ1v) is 33.7. The van der Waals surface area contributed by atoms with Crippen molar-refractivity contribution in [2.24, 2.45) is 0 Å². The van der Waals surface area contributed by atoms with E-state index in [4.69, 9.17) is 18.9 Å². The second-order valence-corrected chi connectivity index (χ2v) is 23.7. The highest BCUT2D eigenvalue weighted by atomic mass is 16.7. The third-order valence-electron chi connectivity index (χ3n) is 14.7. The van der Waals surface area contributed by atoms with E-state index in [1.54, 1.807) is 0 Å². The third-order valence-corrected chi connectivity index (χ3v) is 14.7. The van der Waals surface area contributed by atoms with Gasteiger partial charge >= 0.3 is 11.9 Å². The molecule has 0 radical (unpaired) electrons. The Morgan fingerprint density at radius 3 is 1.05 bits per heavy atom. The predicted molar refractivity (Wildman–Crippen MR) is 343 cm³/mol. The fraction of sp³-hybridized carbons (Fsp3) is 0.764. The van der Waals surface area contributed by atoms with Crippen LogP contribution in [-0.2, 0) is 33.3 Å². The molecule has 0 aromatic carbocycles. The molecule has 468 valence electrons. The van der Waals surface area contributed by atoms with Gasteiger partial charge in [-0.2, -0.15) is 0 Å². The number of allylic oxidation sites excluding steroid dienone is 14. The molecule has 0 fully saturated rings. The quantitative estimate of drug-likeness (QED) is 0.0195. The summed E-state index contributed by atoms with van der Waals surface area (Å²) in [5, 5.41) is 11.8. The van der Waals surface area contributed by atoms with E-state index in [9.17, 15) is 19.5 Å². The molecule has 0 bridgehead atoms. The zero-order valence-corrected chi connectivity index (χ0v) is 53.4. The van der Waals surface area contributed by atoms with Crippen LogP contribution >= 0.6 is 0 Å². The van der Waals surface area contributed by atoms with Gasteiger partial charge < -0.3 is 33.3 Å². The molecule has 0 heterocycles. The van der Waals surface area contributed by atoms with E-state index in [1.807, 2.05) is 21.1 Å². The number of likely N-dealkylation sites (N-methyl/N-ethyl adjacent to an activating group) is 1. The number of unbranched alkanes of at least 4 members (excludes halogenated alkanes) is 33. The molecule has 9 heteroatoms. The molecule has 81 heavy (non-hydrogen) atoms. The lowest BCUT2D eigenvalue weighted by molar-refractivity contribution is -0.870. The van der Waals surface area contributed by atoms with Gasteiger partial charge in [0.25, 0.3) is 0 Å². The van der Waals surface area contributed by atoms with Crippen molar-refractivity contribution in [1.29, 1.82) is 0 Å². The standard InChI is InChI=1S/C72H127NO8/c1-6-8-10-12-14-16-18-20-22-24-26-27-28-29-30-31-32-33-34-35-36-37-38-39-40-41-42-43-45-47-49-51-53-55-57-59-61-63-70(75)81-68(67-80-72(71(76)77)78-65-64-73(3,4)5)66-79-69(74)62-60-58-56-54-52-50-48-46-44-25-23-21-19-17-15-13-11-9-7-2/h8,10,14,16,20,22,26-27,29-30,32-33,35-36,68,72H,6-7,9,11-13,15,17-19,21,23-25,28,31,34,37-67H2,1-5H3/b10-8-,16-14-,22-20-,27-26-,30-29-,33-32-,36-35-. The zero-order chi connectivity index (χ0) is 59.1. The molecule has 0 N–H and O–H groups in total. The van der Waals surface area contributed by atoms with Crippen molar-refractivity contribution in [1.82, 2.24) is 0 Å². The first-order chi connectivity index (χ1) is 39.6. The van der Waals surface area contributed by atoms with Crippen LogP contribution in [0, 0.1) is 0 Å². The molecule has 0 aromatic rings. The van der Waals surface area contributed by atoms with Gasteiger partial charge in [-0.05, 0) is 70.6 Å². The van der Waals surface area contributed by atoms with Crippen LogP contribution in [-0.4, -0.2) is 82.3 Å². The monoisotopic (exact) mass is 1130 g/mol. The molecule has 0 aromatic heterocycles. The Hall–Kier alpha value is -3.53. The van der Waals surface area contributed by atoms with Crippen molar-refractivity contribution in [3.05, 3.63) is 85.1 Å². The first kappa shape index (κ1) is 77.5. The highest BCUT2D eigenvalue weighted by Gasteiger charge is 2.22. The minimum absolute atomic E-state index is 0.147. The lowest BCUT2D eigenvalue weighted by atomic mass is 10.0. The Morgan fingerprint density at radius 1 is 0.383 bits per heavy atom. The number of rotatable bonds is 62. The zero-order valence-electron chi connectivity index (χ0n) is 53.4. The maximum Gasteiger partial charge on any atom is 0.306 e. The van der Waals surface area contributed by atoms with Crippen molar-refractivity contribution in [3.63, 3.8) is 0 Å². The highest BCUT2D eigenvalue weighted by Crippen LogP contribution is 2.18. The van der Waals surface area contributed by atoms with Gasteiger partial charge in [0.15, 0.2) is 12.4 Å². The predicted octanol–water partition coefficient (Wildman–Crippen LogP) is 19.4. The minimum atomic E-state index is -1.62. The molecular formula is C72H127NO8. The summed E-state index contributed by atoms with van der Waals surface area (Å²) in [6.45, 7) is 4.67. The molecule has 2 unspecified atom stereocenters. The molecule has 0 spiro atoms. The van der Waals surface area contributed by atoms with Crippen molar-refractivity contribution >= 4 is 17.9 Å². The SMILES string of the molecule is CC/C=C\C/C=C\C/C=C\C/C=C\C/C=C\C/C=C\C/C=C\CCCCCCCCCCCCCCCCCC(=O)OC(COC(=O)CCCCCCCCCCCCCCCCCCCCC)COC(OCC[N+](C)(C)C)C(=O)[O-]. The number of quaternary nitrogens is 1. The molecule has 9 nitrogen and oxygen atoms in total. The van der Waals surface area contributed by atoms with Crippen LogP contribution in [0.25, 0.3) is 0 Å². The molecule has 0 amide bonds. The second-order valence-electron chi connectivity index (χ2n) is 23.7. The average Bonchev–Trinajstić information content (AvgIpc) is 3.44. The second kappa shape index (κ2) is 62.5. The van der Waals surface area contributed by atoms with Gasteiger partial charge in [-0.3, -0.25) is 9.59 Å². The van der Waals surface area contributed by atoms with Crippen molar-refractivity contribution in [3.8, 4) is 0 Å². The normalized spacial score (nSPS) is 13.2. The summed E-state index contributed by atoms with van der Waals surface area (Å²) in [5.74, 6) is -2.27. The Labute approximate surface area is 500 Å². The van der Waals surface area contributed by atoms with Gasteiger partial charge in [-0.15, -0.1) is 0 Å². The lowest BCUT2D eigenvalue weighted by Gasteiger charge is -2.26. The highest BCUT2D eigenvalue weighted by molar-refractivity contribution is 5.70. The van der Waals surface area contributed by atoms with Crippen LogP contribution in [0.15, 0.2) is 85.1 Å². The van der Waals surface area contributed by atoms with E-state index < -0.39 is 24.3 Å². The number of hydrogen-bond donors (Lipinski definition) is 0. The molecular weight excluding hydrogens is 1010 g/mol. The van der Waals surface area contributed by atoms with Crippen LogP contribution in [0.2, 0.25) is 0 Å². The number of carbonyl (C=O) groups excluding carboxylic acids is 3. The molecule has 0 aliphatic carbocycles. The largest absolute Gasteiger partial charge is 0.545 e. The number of carbonyl (C=O) groups is 3. The molecule has 2 atom stereocenters. The molecule has 0 saturated carbocycles. The van der Waals surface area contributed by atoms with E-state index in [-0.39, 0.29) is 32.2 Å². The topological polar surface area (TPSA) is 111 Å². The van der Waals surface area contributed by atoms with Gasteiger partial charge in [0.2, 0.25) is 0 Å². The Bertz CT molecular complexity index is 1600. The van der Waals surface area contributed by atoms with Crippen LogP contribution in [0.4, 0.5) is 0 Å². The summed E-state index contributed by atoms with van der Waals surface area (Å²) in [6, 6.07) is 0. The number of nitrogens with zero attached hydrogens (tertiary/aromatic N) is 1. The molecule has 0 rings (SSSR count). The average molecular weight is 1130 g/mol. The first-order valence-electron chi connectivity index (χ1n) is 33.7. The van der Waals surface area contributed by atoms with Gasteiger partial charge in [-0.25, -0.2) is 0 Å². The number of hydrogen-bond acceptors (Lipinski definition) is 8. The summed E-state index contributed by atoms with van der Waals surface area (Å²) >= 11 is 0. The fourth-order valence-electron chi connectivity index (χ4n) is 9.52. The van der Waals surface area contributed by atoms with Crippen molar-refractivity contribution < 1.29 is 42.9 Å². The van der Waals surface area contributed by atoms with Crippen LogP contribution < -0.4 is 5.11 Å². The van der Waals surface area contributed by atoms with E-state index in [1.165, 1.54) is 180 Å². The van der Waals surface area contributed by atoms with E-state index in [0.29, 0.717) is 23.9 Å². The number of esters is 2. The Kier molecular flexibility index (Phi) is 59.8. The number of carboxylic acid groups (broad SMARTS) is 1. The summed E-state index contributed by atoms with van der Waals surface area (Å²) in [4.78, 5) is 37.4. The van der Waals surface area contributed by atoms with E-state index in [0.717, 1.165) is 83.5 Å². The number of aliphatic carboxylic acids is 1. The smallest absolute Gasteiger partial charge is 0.306 e. The van der Waals surface area contributed by atoms with Crippen LogP contribution in [0.5, 0.6) is 0 Å². The van der Waals surface area contributed by atoms with Crippen molar-refractivity contribution in [2.75, 3.05) is 47.5 Å². The van der Waals surface area contributed by atoms with Gasteiger partial charge in [0.1, 0.15) is 13.2 Å². The molecule has 0 aliphatic heterocycles. The van der Waals surface area contributed by atoms with E-state index >= 15 is 0 Å². The van der Waals surface area contributed by atoms with Gasteiger partial charge in [-0.1, -0.05) is 298 Å². The third kappa shape index (κ3) is 63.9. The summed E-state index contributed by atoms with van der Waals surface area (Å²) < 4.78 is 22.8. The van der Waals surface area contributed by atoms with Crippen LogP contribution in [0.3, 0.4) is 0 Å². The Balaban J connectivity index is 4.08. The maximum atomic E-state index is 12.9. The number of ether oxygens (including phenoxy) is 4. The van der Waals surface area contributed by atoms with Crippen molar-refractivity contribution in [2.45, 2.75) is 309 Å². The van der Waals surface area contributed by atoms with Gasteiger partial charge in [0.05, 0.1) is 40.3 Å². The molecule has 0 saturated heterocycles. The summed E-state index contributed by atoms with van der Waals surface area (Å²) in [5.41, 5.74) is 0. The lowest BCUT2D eigenvalue weighted by Crippen LogP contribution is -2.44. The molecule has 0 aliphatic rings. The Morgan fingerprint density at radius 2 is 0.704 bits per heavy atom. The van der Waals surface area contributed by atoms with Crippen LogP contribution in [0.1, 0.15) is 296 Å². The minimum Gasteiger partial charge on any atom is -0.545 e. The number of carboxylic acids is 1. The summed E-state index contributed by atoms with van der Waals surface area (Å²) in [6.07, 6.45) is 80.8. The summed E-state index contributed by atoms with van der Waals surface area (Å²) in [7, 11) is 5.93. The van der Waals surface area contributed by atoms with Gasteiger partial charge in [0, 0.05) is 12.8 Å². The maximum absolute atomic E-state index is 12.9. The van der Waals surface area contributed by atoms with E-state index in [2.05, 4.69) is 98.9 Å². The fourth-order valence-corrected chi connectivity index (χ4v) is 9.52.